The Morgan fingerprint density at radius 1 is 1.03 bits per heavy atom. The summed E-state index contributed by atoms with van der Waals surface area (Å²) >= 11 is 1.38. The van der Waals surface area contributed by atoms with Crippen LogP contribution in [0.15, 0.2) is 59.0 Å². The Bertz CT molecular complexity index is 1150. The van der Waals surface area contributed by atoms with Crippen molar-refractivity contribution in [2.24, 2.45) is 0 Å². The first-order valence-corrected chi connectivity index (χ1v) is 9.86. The number of hydrogen-bond acceptors (Lipinski definition) is 5. The number of carbonyl (C=O) groups excluding carboxylic acids is 1. The van der Waals surface area contributed by atoms with Crippen LogP contribution in [-0.2, 0) is 11.2 Å². The minimum absolute atomic E-state index is 0.0900. The van der Waals surface area contributed by atoms with Crippen molar-refractivity contribution in [3.05, 3.63) is 76.7 Å². The molecule has 4 rings (SSSR count). The molecule has 2 aromatic heterocycles. The normalized spacial score (nSPS) is 10.9. The number of halogens is 1. The monoisotopic (exact) mass is 407 g/mol. The standard InChI is InChI=1S/C22H18FN3O2S/c1-13-18(24-21(28-13)16-6-4-3-5-7-16)12-19(27)25-22-26-20(14(2)29-22)15-8-10-17(23)11-9-15/h3-11H,12H2,1-2H3,(H,25,26,27). The molecule has 0 saturated heterocycles. The first-order chi connectivity index (χ1) is 14.0. The summed E-state index contributed by atoms with van der Waals surface area (Å²) in [5, 5.41) is 3.32. The molecule has 0 aliphatic carbocycles. The fraction of sp³-hybridized carbons (Fsp3) is 0.136. The summed E-state index contributed by atoms with van der Waals surface area (Å²) < 4.78 is 18.8. The SMILES string of the molecule is Cc1oc(-c2ccccc2)nc1CC(=O)Nc1nc(-c2ccc(F)cc2)c(C)s1. The maximum Gasteiger partial charge on any atom is 0.232 e. The van der Waals surface area contributed by atoms with Gasteiger partial charge in [-0.05, 0) is 50.2 Å². The smallest absolute Gasteiger partial charge is 0.232 e. The van der Waals surface area contributed by atoms with E-state index in [4.69, 9.17) is 4.42 Å². The van der Waals surface area contributed by atoms with Crippen LogP contribution >= 0.6 is 11.3 Å². The third kappa shape index (κ3) is 4.25. The van der Waals surface area contributed by atoms with Crippen LogP contribution in [0.25, 0.3) is 22.7 Å². The molecule has 1 N–H and O–H groups in total. The summed E-state index contributed by atoms with van der Waals surface area (Å²) in [6.07, 6.45) is 0.0900. The molecular weight excluding hydrogens is 389 g/mol. The lowest BCUT2D eigenvalue weighted by Gasteiger charge is -2.00. The molecular formula is C22H18FN3O2S. The van der Waals surface area contributed by atoms with Crippen molar-refractivity contribution in [3.8, 4) is 22.7 Å². The summed E-state index contributed by atoms with van der Waals surface area (Å²) in [6, 6.07) is 15.7. The van der Waals surface area contributed by atoms with Gasteiger partial charge < -0.3 is 9.73 Å². The molecule has 0 atom stereocenters. The fourth-order valence-electron chi connectivity index (χ4n) is 2.94. The zero-order valence-corrected chi connectivity index (χ0v) is 16.7. The Morgan fingerprint density at radius 2 is 1.76 bits per heavy atom. The Morgan fingerprint density at radius 3 is 2.48 bits per heavy atom. The molecule has 29 heavy (non-hydrogen) atoms. The van der Waals surface area contributed by atoms with Gasteiger partial charge in [0.15, 0.2) is 5.13 Å². The third-order valence-corrected chi connectivity index (χ3v) is 5.29. The van der Waals surface area contributed by atoms with E-state index < -0.39 is 0 Å². The average Bonchev–Trinajstić information content (AvgIpc) is 3.25. The van der Waals surface area contributed by atoms with Crippen LogP contribution in [0.5, 0.6) is 0 Å². The van der Waals surface area contributed by atoms with E-state index in [1.54, 1.807) is 19.1 Å². The second kappa shape index (κ2) is 7.97. The molecule has 0 aliphatic rings. The first kappa shape index (κ1) is 19.0. The van der Waals surface area contributed by atoms with Crippen molar-refractivity contribution in [1.29, 1.82) is 0 Å². The van der Waals surface area contributed by atoms with Crippen LogP contribution in [0, 0.1) is 19.7 Å². The molecule has 5 nitrogen and oxygen atoms in total. The summed E-state index contributed by atoms with van der Waals surface area (Å²) in [6.45, 7) is 3.71. The second-order valence-electron chi connectivity index (χ2n) is 6.54. The molecule has 2 heterocycles. The predicted octanol–water partition coefficient (Wildman–Crippen LogP) is 5.40. The minimum atomic E-state index is -0.298. The number of nitrogens with one attached hydrogen (secondary N) is 1. The number of thiazole rings is 1. The van der Waals surface area contributed by atoms with Crippen molar-refractivity contribution in [3.63, 3.8) is 0 Å². The molecule has 2 aromatic carbocycles. The predicted molar refractivity (Wildman–Crippen MR) is 111 cm³/mol. The van der Waals surface area contributed by atoms with Gasteiger partial charge in [-0.2, -0.15) is 0 Å². The lowest BCUT2D eigenvalue weighted by molar-refractivity contribution is -0.115. The summed E-state index contributed by atoms with van der Waals surface area (Å²) in [4.78, 5) is 22.4. The van der Waals surface area contributed by atoms with Crippen LogP contribution in [0.1, 0.15) is 16.3 Å². The van der Waals surface area contributed by atoms with Gasteiger partial charge in [-0.25, -0.2) is 14.4 Å². The number of nitrogens with zero attached hydrogens (tertiary/aromatic N) is 2. The summed E-state index contributed by atoms with van der Waals surface area (Å²) in [5.74, 6) is 0.587. The number of hydrogen-bond donors (Lipinski definition) is 1. The molecule has 146 valence electrons. The molecule has 7 heteroatoms. The zero-order chi connectivity index (χ0) is 20.4. The van der Waals surface area contributed by atoms with Crippen LogP contribution in [0.4, 0.5) is 9.52 Å². The number of aryl methyl sites for hydroxylation is 2. The Labute approximate surface area is 171 Å². The van der Waals surface area contributed by atoms with Crippen LogP contribution in [-0.4, -0.2) is 15.9 Å². The molecule has 1 amide bonds. The molecule has 0 radical (unpaired) electrons. The highest BCUT2D eigenvalue weighted by atomic mass is 32.1. The van der Waals surface area contributed by atoms with Crippen molar-refractivity contribution in [2.45, 2.75) is 20.3 Å². The van der Waals surface area contributed by atoms with Gasteiger partial charge in [0.25, 0.3) is 0 Å². The van der Waals surface area contributed by atoms with Crippen molar-refractivity contribution >= 4 is 22.4 Å². The van der Waals surface area contributed by atoms with E-state index in [2.05, 4.69) is 15.3 Å². The minimum Gasteiger partial charge on any atom is -0.441 e. The van der Waals surface area contributed by atoms with E-state index in [0.29, 0.717) is 22.5 Å². The van der Waals surface area contributed by atoms with Crippen LogP contribution in [0.2, 0.25) is 0 Å². The van der Waals surface area contributed by atoms with Gasteiger partial charge in [0, 0.05) is 16.0 Å². The van der Waals surface area contributed by atoms with Crippen molar-refractivity contribution in [1.82, 2.24) is 9.97 Å². The van der Waals surface area contributed by atoms with E-state index in [-0.39, 0.29) is 18.1 Å². The molecule has 0 fully saturated rings. The number of benzene rings is 2. The number of amides is 1. The molecule has 0 unspecified atom stereocenters. The van der Waals surface area contributed by atoms with Gasteiger partial charge in [-0.15, -0.1) is 11.3 Å². The number of carbonyl (C=O) groups is 1. The van der Waals surface area contributed by atoms with Crippen molar-refractivity contribution < 1.29 is 13.6 Å². The molecule has 0 saturated carbocycles. The molecule has 0 spiro atoms. The largest absolute Gasteiger partial charge is 0.441 e. The zero-order valence-electron chi connectivity index (χ0n) is 15.9. The second-order valence-corrected chi connectivity index (χ2v) is 7.75. The molecule has 0 bridgehead atoms. The molecule has 0 aliphatic heterocycles. The average molecular weight is 407 g/mol. The van der Waals surface area contributed by atoms with Gasteiger partial charge in [0.1, 0.15) is 11.6 Å². The van der Waals surface area contributed by atoms with Gasteiger partial charge >= 0.3 is 0 Å². The van der Waals surface area contributed by atoms with Gasteiger partial charge in [-0.3, -0.25) is 4.79 Å². The third-order valence-electron chi connectivity index (χ3n) is 4.40. The van der Waals surface area contributed by atoms with Crippen LogP contribution < -0.4 is 5.32 Å². The molecule has 4 aromatic rings. The highest BCUT2D eigenvalue weighted by Crippen LogP contribution is 2.30. The van der Waals surface area contributed by atoms with Crippen molar-refractivity contribution in [2.75, 3.05) is 5.32 Å². The number of anilines is 1. The quantitative estimate of drug-likeness (QED) is 0.481. The summed E-state index contributed by atoms with van der Waals surface area (Å²) in [7, 11) is 0. The first-order valence-electron chi connectivity index (χ1n) is 9.04. The van der Waals surface area contributed by atoms with E-state index in [9.17, 15) is 9.18 Å². The van der Waals surface area contributed by atoms with E-state index in [1.807, 2.05) is 37.3 Å². The number of aromatic nitrogens is 2. The number of oxazole rings is 1. The Balaban J connectivity index is 1.47. The number of rotatable bonds is 5. The fourth-order valence-corrected chi connectivity index (χ4v) is 3.79. The summed E-state index contributed by atoms with van der Waals surface area (Å²) in [5.41, 5.74) is 2.99. The van der Waals surface area contributed by atoms with E-state index >= 15 is 0 Å². The highest BCUT2D eigenvalue weighted by molar-refractivity contribution is 7.16. The van der Waals surface area contributed by atoms with E-state index in [0.717, 1.165) is 21.7 Å². The lowest BCUT2D eigenvalue weighted by Crippen LogP contribution is -2.15. The lowest BCUT2D eigenvalue weighted by atomic mass is 10.1. The van der Waals surface area contributed by atoms with E-state index in [1.165, 1.54) is 23.5 Å². The maximum atomic E-state index is 13.1. The van der Waals surface area contributed by atoms with Crippen LogP contribution in [0.3, 0.4) is 0 Å². The van der Waals surface area contributed by atoms with Gasteiger partial charge in [-0.1, -0.05) is 18.2 Å². The highest BCUT2D eigenvalue weighted by Gasteiger charge is 2.17. The van der Waals surface area contributed by atoms with Gasteiger partial charge in [0.05, 0.1) is 17.8 Å². The Hall–Kier alpha value is -3.32. The maximum absolute atomic E-state index is 13.1. The Kier molecular flexibility index (Phi) is 5.22. The topological polar surface area (TPSA) is 68.0 Å². The van der Waals surface area contributed by atoms with Gasteiger partial charge in [0.2, 0.25) is 11.8 Å².